The summed E-state index contributed by atoms with van der Waals surface area (Å²) in [4.78, 5) is 20.5. The van der Waals surface area contributed by atoms with Crippen molar-refractivity contribution in [2.24, 2.45) is 5.16 Å². The molecule has 1 aliphatic heterocycles. The lowest BCUT2D eigenvalue weighted by Gasteiger charge is -2.29. The predicted molar refractivity (Wildman–Crippen MR) is 127 cm³/mol. The highest BCUT2D eigenvalue weighted by molar-refractivity contribution is 6.34. The van der Waals surface area contributed by atoms with Gasteiger partial charge in [-0.1, -0.05) is 34.4 Å². The van der Waals surface area contributed by atoms with Crippen molar-refractivity contribution < 1.29 is 49.1 Å². The smallest absolute Gasteiger partial charge is 0.374 e. The van der Waals surface area contributed by atoms with Crippen molar-refractivity contribution in [1.29, 1.82) is 0 Å². The van der Waals surface area contributed by atoms with Crippen LogP contribution in [0.25, 0.3) is 0 Å². The van der Waals surface area contributed by atoms with E-state index in [9.17, 15) is 44.3 Å². The first-order chi connectivity index (χ1) is 18.9. The van der Waals surface area contributed by atoms with Gasteiger partial charge in [0.15, 0.2) is 0 Å². The van der Waals surface area contributed by atoms with Crippen LogP contribution < -0.4 is 5.32 Å². The third kappa shape index (κ3) is 5.93. The van der Waals surface area contributed by atoms with Gasteiger partial charge in [-0.3, -0.25) is 10.1 Å². The number of hydrogen-bond donors (Lipinski definition) is 1. The zero-order chi connectivity index (χ0) is 30.5. The van der Waals surface area contributed by atoms with Crippen LogP contribution in [0.4, 0.5) is 45.5 Å². The fourth-order valence-electron chi connectivity index (χ4n) is 3.96. The summed E-state index contributed by atoms with van der Waals surface area (Å²) in [6.45, 7) is 1.35. The van der Waals surface area contributed by atoms with E-state index in [1.165, 1.54) is 25.1 Å². The molecule has 3 aromatic rings. The predicted octanol–water partition coefficient (Wildman–Crippen LogP) is 7.48. The van der Waals surface area contributed by atoms with Gasteiger partial charge in [-0.05, 0) is 48.4 Å². The Balaban J connectivity index is 1.59. The molecule has 2 heterocycles. The molecule has 1 amide bonds. The first kappa shape index (κ1) is 30.4. The number of amides is 1. The standard InChI is InChI=1S/C23H14Cl2F9N5O2/c1-9-4-10(15-8-21(41-38-15,23(32,33)34)11-5-12(24)7-13(25)6-11)2-3-14(9)18(40)35-20-36-19(22(29,30)31)39(37-20)17(28)16(26)27/h2-7,16-17H,8H2,1H3,(H,35,37,40). The van der Waals surface area contributed by atoms with Crippen LogP contribution in [0.15, 0.2) is 41.6 Å². The van der Waals surface area contributed by atoms with Gasteiger partial charge in [0.1, 0.15) is 0 Å². The van der Waals surface area contributed by atoms with Crippen LogP contribution in [0.2, 0.25) is 10.0 Å². The van der Waals surface area contributed by atoms with Gasteiger partial charge < -0.3 is 4.84 Å². The van der Waals surface area contributed by atoms with Gasteiger partial charge in [-0.15, -0.1) is 5.10 Å². The van der Waals surface area contributed by atoms with Crippen LogP contribution in [-0.2, 0) is 16.6 Å². The lowest BCUT2D eigenvalue weighted by molar-refractivity contribution is -0.275. The van der Waals surface area contributed by atoms with Crippen molar-refractivity contribution >= 4 is 40.8 Å². The van der Waals surface area contributed by atoms with Crippen LogP contribution in [0.5, 0.6) is 0 Å². The number of benzene rings is 2. The minimum absolute atomic E-state index is 0.0719. The quantitative estimate of drug-likeness (QED) is 0.285. The molecule has 0 saturated heterocycles. The first-order valence-electron chi connectivity index (χ1n) is 11.1. The minimum Gasteiger partial charge on any atom is -0.374 e. The number of alkyl halides is 9. The number of halogens is 11. The molecular formula is C23H14Cl2F9N5O2. The molecule has 2 atom stereocenters. The Morgan fingerprint density at radius 1 is 1.05 bits per heavy atom. The summed E-state index contributed by atoms with van der Waals surface area (Å²) in [7, 11) is 0. The second-order valence-electron chi connectivity index (χ2n) is 8.68. The number of anilines is 1. The molecule has 0 saturated carbocycles. The summed E-state index contributed by atoms with van der Waals surface area (Å²) in [5.74, 6) is -4.34. The van der Waals surface area contributed by atoms with E-state index in [-0.39, 0.29) is 32.4 Å². The molecule has 7 nitrogen and oxygen atoms in total. The topological polar surface area (TPSA) is 81.4 Å². The molecule has 4 rings (SSSR count). The molecule has 41 heavy (non-hydrogen) atoms. The number of aromatic nitrogens is 3. The summed E-state index contributed by atoms with van der Waals surface area (Å²) in [5.41, 5.74) is -3.46. The van der Waals surface area contributed by atoms with E-state index in [1.807, 2.05) is 5.32 Å². The summed E-state index contributed by atoms with van der Waals surface area (Å²) >= 11 is 11.8. The number of rotatable bonds is 6. The Morgan fingerprint density at radius 2 is 1.68 bits per heavy atom. The van der Waals surface area contributed by atoms with Gasteiger partial charge in [-0.2, -0.15) is 36.0 Å². The average molecular weight is 634 g/mol. The van der Waals surface area contributed by atoms with Crippen molar-refractivity contribution in [2.45, 2.75) is 44.0 Å². The molecule has 2 aromatic carbocycles. The number of nitrogens with one attached hydrogen (secondary N) is 1. The lowest BCUT2D eigenvalue weighted by atomic mass is 9.86. The molecule has 1 aliphatic rings. The molecule has 0 spiro atoms. The van der Waals surface area contributed by atoms with Crippen molar-refractivity contribution in [1.82, 2.24) is 14.8 Å². The molecular weight excluding hydrogens is 620 g/mol. The maximum Gasteiger partial charge on any atom is 0.451 e. The Labute approximate surface area is 233 Å². The van der Waals surface area contributed by atoms with E-state index < -0.39 is 65.0 Å². The maximum absolute atomic E-state index is 14.2. The molecule has 1 N–H and O–H groups in total. The van der Waals surface area contributed by atoms with Crippen LogP contribution >= 0.6 is 23.2 Å². The summed E-state index contributed by atoms with van der Waals surface area (Å²) in [5, 5.41) is 8.30. The fraction of sp³-hybridized carbons (Fsp3) is 0.304. The number of aryl methyl sites for hydroxylation is 1. The Morgan fingerprint density at radius 3 is 2.22 bits per heavy atom. The largest absolute Gasteiger partial charge is 0.451 e. The lowest BCUT2D eigenvalue weighted by Crippen LogP contribution is -2.42. The number of nitrogens with zero attached hydrogens (tertiary/aromatic N) is 4. The van der Waals surface area contributed by atoms with Gasteiger partial charge in [0, 0.05) is 27.6 Å². The third-order valence-electron chi connectivity index (χ3n) is 5.87. The molecule has 2 unspecified atom stereocenters. The first-order valence-corrected chi connectivity index (χ1v) is 11.9. The zero-order valence-corrected chi connectivity index (χ0v) is 21.6. The van der Waals surface area contributed by atoms with E-state index in [0.29, 0.717) is 0 Å². The van der Waals surface area contributed by atoms with Crippen molar-refractivity contribution in [3.63, 3.8) is 0 Å². The van der Waals surface area contributed by atoms with E-state index in [0.717, 1.165) is 18.2 Å². The van der Waals surface area contributed by atoms with Crippen LogP contribution in [0.3, 0.4) is 0 Å². The van der Waals surface area contributed by atoms with Gasteiger partial charge in [0.25, 0.3) is 24.2 Å². The summed E-state index contributed by atoms with van der Waals surface area (Å²) in [6, 6.07) is 6.87. The van der Waals surface area contributed by atoms with Crippen LogP contribution in [0.1, 0.15) is 45.6 Å². The average Bonchev–Trinajstić information content (AvgIpc) is 3.48. The second kappa shape index (κ2) is 10.7. The minimum atomic E-state index is -5.38. The number of carbonyl (C=O) groups is 1. The van der Waals surface area contributed by atoms with Crippen molar-refractivity contribution in [2.75, 3.05) is 5.32 Å². The summed E-state index contributed by atoms with van der Waals surface area (Å²) < 4.78 is 120. The van der Waals surface area contributed by atoms with Crippen molar-refractivity contribution in [3.05, 3.63) is 74.5 Å². The van der Waals surface area contributed by atoms with E-state index in [2.05, 4.69) is 15.2 Å². The third-order valence-corrected chi connectivity index (χ3v) is 6.31. The van der Waals surface area contributed by atoms with Crippen LogP contribution in [0, 0.1) is 6.92 Å². The van der Waals surface area contributed by atoms with Gasteiger partial charge in [0.2, 0.25) is 11.8 Å². The Bertz CT molecular complexity index is 1500. The van der Waals surface area contributed by atoms with Crippen LogP contribution in [-0.4, -0.2) is 39.0 Å². The van der Waals surface area contributed by atoms with Crippen molar-refractivity contribution in [3.8, 4) is 0 Å². The molecule has 18 heteroatoms. The summed E-state index contributed by atoms with van der Waals surface area (Å²) in [6.07, 6.45) is -18.5. The normalized spacial score (nSPS) is 18.3. The highest BCUT2D eigenvalue weighted by Crippen LogP contribution is 2.49. The molecule has 0 bridgehead atoms. The molecule has 0 fully saturated rings. The number of hydrogen-bond acceptors (Lipinski definition) is 5. The van der Waals surface area contributed by atoms with E-state index in [1.54, 1.807) is 0 Å². The molecule has 220 valence electrons. The SMILES string of the molecule is Cc1cc(C2=NOC(c3cc(Cl)cc(Cl)c3)(C(F)(F)F)C2)ccc1C(=O)Nc1nc(C(F)(F)F)n(C(F)C(F)F)n1. The van der Waals surface area contributed by atoms with Gasteiger partial charge in [-0.25, -0.2) is 13.2 Å². The number of carbonyl (C=O) groups excluding carboxylic acids is 1. The monoisotopic (exact) mass is 633 g/mol. The Hall–Kier alpha value is -3.53. The maximum atomic E-state index is 14.2. The second-order valence-corrected chi connectivity index (χ2v) is 9.55. The van der Waals surface area contributed by atoms with E-state index in [4.69, 9.17) is 28.0 Å². The molecule has 0 radical (unpaired) electrons. The fourth-order valence-corrected chi connectivity index (χ4v) is 4.49. The molecule has 0 aliphatic carbocycles. The van der Waals surface area contributed by atoms with Gasteiger partial charge >= 0.3 is 12.4 Å². The highest BCUT2D eigenvalue weighted by Gasteiger charge is 2.62. The van der Waals surface area contributed by atoms with Gasteiger partial charge in [0.05, 0.1) is 5.71 Å². The highest BCUT2D eigenvalue weighted by atomic mass is 35.5. The van der Waals surface area contributed by atoms with E-state index >= 15 is 0 Å². The number of oxime groups is 1. The Kier molecular flexibility index (Phi) is 7.94. The zero-order valence-electron chi connectivity index (χ0n) is 20.1. The molecule has 1 aromatic heterocycles.